The van der Waals surface area contributed by atoms with Gasteiger partial charge in [-0.1, -0.05) is 0 Å². The smallest absolute Gasteiger partial charge is 0.349 e. The van der Waals surface area contributed by atoms with Crippen molar-refractivity contribution in [2.45, 2.75) is 31.8 Å². The third-order valence-electron chi connectivity index (χ3n) is 2.66. The van der Waals surface area contributed by atoms with Crippen molar-refractivity contribution in [1.29, 1.82) is 0 Å². The Bertz CT molecular complexity index is 431. The van der Waals surface area contributed by atoms with Gasteiger partial charge in [-0.05, 0) is 13.0 Å². The molecule has 0 aliphatic carbocycles. The van der Waals surface area contributed by atoms with Crippen LogP contribution >= 0.6 is 0 Å². The first-order valence-electron chi connectivity index (χ1n) is 5.12. The van der Waals surface area contributed by atoms with E-state index < -0.39 is 24.1 Å². The van der Waals surface area contributed by atoms with Crippen LogP contribution in [0.1, 0.15) is 18.3 Å². The predicted octanol–water partition coefficient (Wildman–Crippen LogP) is -0.808. The summed E-state index contributed by atoms with van der Waals surface area (Å²) < 4.78 is 6.68. The van der Waals surface area contributed by atoms with E-state index in [0.29, 0.717) is 5.69 Å². The van der Waals surface area contributed by atoms with Crippen LogP contribution in [0.3, 0.4) is 0 Å². The molecule has 0 saturated carbocycles. The Morgan fingerprint density at radius 2 is 2.44 bits per heavy atom. The molecule has 1 saturated heterocycles. The predicted molar refractivity (Wildman–Crippen MR) is 54.9 cm³/mol. The van der Waals surface area contributed by atoms with Gasteiger partial charge in [0.25, 0.3) is 0 Å². The summed E-state index contributed by atoms with van der Waals surface area (Å²) in [5.41, 5.74) is 0.231. The number of rotatable bonds is 2. The molecule has 0 spiro atoms. The van der Waals surface area contributed by atoms with Crippen LogP contribution in [0, 0.1) is 6.92 Å². The van der Waals surface area contributed by atoms with Crippen molar-refractivity contribution in [3.63, 3.8) is 0 Å². The first kappa shape index (κ1) is 11.3. The number of aryl methyl sites for hydroxylation is 1. The van der Waals surface area contributed by atoms with Crippen molar-refractivity contribution in [3.05, 3.63) is 28.4 Å². The molecule has 3 atom stereocenters. The van der Waals surface area contributed by atoms with E-state index in [9.17, 15) is 9.90 Å². The van der Waals surface area contributed by atoms with Gasteiger partial charge in [0.15, 0.2) is 0 Å². The second kappa shape index (κ2) is 4.32. The van der Waals surface area contributed by atoms with Crippen LogP contribution in [0.25, 0.3) is 0 Å². The lowest BCUT2D eigenvalue weighted by Crippen LogP contribution is -2.27. The standard InChI is InChI=1S/C10H14N2O4/c1-6-2-3-12(10(15)11-6)9-4-7(14)8(5-13)16-9/h2-3,7-9,13-14H,4-5H2,1H3. The topological polar surface area (TPSA) is 84.6 Å². The maximum atomic E-state index is 11.6. The van der Waals surface area contributed by atoms with E-state index in [1.807, 2.05) is 0 Å². The van der Waals surface area contributed by atoms with Crippen LogP contribution in [0.4, 0.5) is 0 Å². The molecule has 1 aliphatic heterocycles. The minimum atomic E-state index is -0.747. The van der Waals surface area contributed by atoms with Crippen LogP contribution in [0.15, 0.2) is 17.1 Å². The second-order valence-electron chi connectivity index (χ2n) is 3.87. The fraction of sp³-hybridized carbons (Fsp3) is 0.600. The van der Waals surface area contributed by atoms with E-state index in [4.69, 9.17) is 9.84 Å². The molecule has 0 amide bonds. The number of aromatic nitrogens is 2. The number of aliphatic hydroxyl groups excluding tert-OH is 2. The molecule has 2 heterocycles. The van der Waals surface area contributed by atoms with Crippen molar-refractivity contribution in [2.24, 2.45) is 0 Å². The van der Waals surface area contributed by atoms with Crippen molar-refractivity contribution in [1.82, 2.24) is 9.55 Å². The zero-order valence-corrected chi connectivity index (χ0v) is 8.91. The lowest BCUT2D eigenvalue weighted by atomic mass is 10.2. The summed E-state index contributed by atoms with van der Waals surface area (Å²) in [5, 5.41) is 18.5. The summed E-state index contributed by atoms with van der Waals surface area (Å²) in [4.78, 5) is 15.3. The Morgan fingerprint density at radius 3 is 3.00 bits per heavy atom. The van der Waals surface area contributed by atoms with Gasteiger partial charge in [-0.15, -0.1) is 0 Å². The monoisotopic (exact) mass is 226 g/mol. The molecule has 2 rings (SSSR count). The quantitative estimate of drug-likeness (QED) is 0.689. The molecule has 0 radical (unpaired) electrons. The van der Waals surface area contributed by atoms with Gasteiger partial charge in [0.05, 0.1) is 12.7 Å². The molecular weight excluding hydrogens is 212 g/mol. The Balaban J connectivity index is 2.23. The maximum absolute atomic E-state index is 11.6. The van der Waals surface area contributed by atoms with Crippen LogP contribution in [-0.4, -0.2) is 38.6 Å². The highest BCUT2D eigenvalue weighted by atomic mass is 16.5. The first-order valence-corrected chi connectivity index (χ1v) is 5.12. The van der Waals surface area contributed by atoms with E-state index in [1.54, 1.807) is 19.2 Å². The van der Waals surface area contributed by atoms with Crippen LogP contribution < -0.4 is 5.69 Å². The molecule has 2 N–H and O–H groups in total. The number of aliphatic hydroxyl groups is 2. The van der Waals surface area contributed by atoms with Crippen molar-refractivity contribution in [3.8, 4) is 0 Å². The van der Waals surface area contributed by atoms with Gasteiger partial charge in [-0.3, -0.25) is 4.57 Å². The van der Waals surface area contributed by atoms with Crippen molar-refractivity contribution < 1.29 is 14.9 Å². The van der Waals surface area contributed by atoms with Gasteiger partial charge in [0.1, 0.15) is 12.3 Å². The summed E-state index contributed by atoms with van der Waals surface area (Å²) in [5.74, 6) is 0. The molecule has 1 aliphatic rings. The highest BCUT2D eigenvalue weighted by Gasteiger charge is 2.34. The summed E-state index contributed by atoms with van der Waals surface area (Å²) in [6.07, 6.45) is -0.0494. The Kier molecular flexibility index (Phi) is 3.04. The van der Waals surface area contributed by atoms with E-state index in [-0.39, 0.29) is 13.0 Å². The Morgan fingerprint density at radius 1 is 1.69 bits per heavy atom. The summed E-state index contributed by atoms with van der Waals surface area (Å²) >= 11 is 0. The third kappa shape index (κ3) is 1.99. The van der Waals surface area contributed by atoms with Gasteiger partial charge in [0.2, 0.25) is 0 Å². The van der Waals surface area contributed by atoms with E-state index >= 15 is 0 Å². The zero-order valence-electron chi connectivity index (χ0n) is 8.91. The van der Waals surface area contributed by atoms with Gasteiger partial charge in [-0.2, -0.15) is 4.98 Å². The lowest BCUT2D eigenvalue weighted by molar-refractivity contribution is -0.0459. The second-order valence-corrected chi connectivity index (χ2v) is 3.87. The average Bonchev–Trinajstić information content (AvgIpc) is 2.59. The Hall–Kier alpha value is -1.24. The zero-order chi connectivity index (χ0) is 11.7. The van der Waals surface area contributed by atoms with Gasteiger partial charge in [0, 0.05) is 18.3 Å². The van der Waals surface area contributed by atoms with Crippen LogP contribution in [0.2, 0.25) is 0 Å². The van der Waals surface area contributed by atoms with Gasteiger partial charge >= 0.3 is 5.69 Å². The molecule has 88 valence electrons. The van der Waals surface area contributed by atoms with Gasteiger partial charge < -0.3 is 14.9 Å². The highest BCUT2D eigenvalue weighted by molar-refractivity contribution is 4.97. The largest absolute Gasteiger partial charge is 0.394 e. The molecule has 1 aromatic rings. The van der Waals surface area contributed by atoms with E-state index in [2.05, 4.69) is 4.98 Å². The van der Waals surface area contributed by atoms with Crippen LogP contribution in [0.5, 0.6) is 0 Å². The number of hydrogen-bond donors (Lipinski definition) is 2. The van der Waals surface area contributed by atoms with Gasteiger partial charge in [-0.25, -0.2) is 4.79 Å². The van der Waals surface area contributed by atoms with Crippen LogP contribution in [-0.2, 0) is 4.74 Å². The number of nitrogens with zero attached hydrogens (tertiary/aromatic N) is 2. The Labute approximate surface area is 92.1 Å². The maximum Gasteiger partial charge on any atom is 0.349 e. The molecule has 0 aromatic carbocycles. The van der Waals surface area contributed by atoms with E-state index in [1.165, 1.54) is 4.57 Å². The molecule has 0 bridgehead atoms. The average molecular weight is 226 g/mol. The fourth-order valence-electron chi connectivity index (χ4n) is 1.77. The molecule has 1 aromatic heterocycles. The van der Waals surface area contributed by atoms with Crippen molar-refractivity contribution in [2.75, 3.05) is 6.61 Å². The van der Waals surface area contributed by atoms with Crippen molar-refractivity contribution >= 4 is 0 Å². The molecule has 6 nitrogen and oxygen atoms in total. The molecule has 3 unspecified atom stereocenters. The number of hydrogen-bond acceptors (Lipinski definition) is 5. The minimum absolute atomic E-state index is 0.258. The molecule has 6 heteroatoms. The molecule has 1 fully saturated rings. The third-order valence-corrected chi connectivity index (χ3v) is 2.66. The first-order chi connectivity index (χ1) is 7.61. The highest BCUT2D eigenvalue weighted by Crippen LogP contribution is 2.27. The summed E-state index contributed by atoms with van der Waals surface area (Å²) in [6.45, 7) is 1.47. The fourth-order valence-corrected chi connectivity index (χ4v) is 1.77. The summed E-state index contributed by atoms with van der Waals surface area (Å²) in [6, 6.07) is 1.70. The van der Waals surface area contributed by atoms with E-state index in [0.717, 1.165) is 0 Å². The molecule has 16 heavy (non-hydrogen) atoms. The molecular formula is C10H14N2O4. The minimum Gasteiger partial charge on any atom is -0.394 e. The SMILES string of the molecule is Cc1ccn(C2CC(O)C(CO)O2)c(=O)n1. The lowest BCUT2D eigenvalue weighted by Gasteiger charge is -2.13. The number of ether oxygens (including phenoxy) is 1. The summed E-state index contributed by atoms with van der Waals surface area (Å²) in [7, 11) is 0. The normalized spacial score (nSPS) is 29.6.